The van der Waals surface area contributed by atoms with Gasteiger partial charge in [-0.15, -0.1) is 12.4 Å². The number of hydrogen-bond acceptors (Lipinski definition) is 4. The Morgan fingerprint density at radius 2 is 2.05 bits per heavy atom. The van der Waals surface area contributed by atoms with Gasteiger partial charge in [0.25, 0.3) is 0 Å². The number of nitrogens with one attached hydrogen (secondary N) is 2. The Morgan fingerprint density at radius 1 is 1.29 bits per heavy atom. The molecular weight excluding hydrogens is 314 g/mol. The first kappa shape index (κ1) is 18.7. The molecule has 124 valence electrons. The molecule has 0 radical (unpaired) electrons. The van der Waals surface area contributed by atoms with Crippen molar-refractivity contribution < 1.29 is 13.2 Å². The lowest BCUT2D eigenvalue weighted by Crippen LogP contribution is -2.53. The Balaban J connectivity index is 0.00000220. The van der Waals surface area contributed by atoms with Crippen molar-refractivity contribution in [1.82, 2.24) is 14.9 Å². The van der Waals surface area contributed by atoms with Crippen LogP contribution in [0.3, 0.4) is 0 Å². The van der Waals surface area contributed by atoms with E-state index in [0.29, 0.717) is 6.54 Å². The van der Waals surface area contributed by atoms with Crippen LogP contribution in [0.5, 0.6) is 0 Å². The van der Waals surface area contributed by atoms with Gasteiger partial charge in [0.2, 0.25) is 15.9 Å². The van der Waals surface area contributed by atoms with E-state index < -0.39 is 10.0 Å². The molecular formula is C13H26ClN3O3S. The Morgan fingerprint density at radius 3 is 2.67 bits per heavy atom. The third-order valence-corrected chi connectivity index (χ3v) is 4.83. The summed E-state index contributed by atoms with van der Waals surface area (Å²) in [5.74, 6) is 0.250. The van der Waals surface area contributed by atoms with Crippen molar-refractivity contribution in [2.75, 3.05) is 32.4 Å². The summed E-state index contributed by atoms with van der Waals surface area (Å²) >= 11 is 0. The van der Waals surface area contributed by atoms with E-state index in [0.717, 1.165) is 58.0 Å². The van der Waals surface area contributed by atoms with E-state index in [1.54, 1.807) is 0 Å². The number of sulfonamides is 1. The number of halogens is 1. The zero-order valence-electron chi connectivity index (χ0n) is 12.5. The molecule has 0 aliphatic carbocycles. The number of carbonyl (C=O) groups is 1. The average molecular weight is 340 g/mol. The number of piperidine rings is 2. The second-order valence-electron chi connectivity index (χ2n) is 5.85. The van der Waals surface area contributed by atoms with Gasteiger partial charge in [-0.05, 0) is 38.6 Å². The molecule has 2 aliphatic rings. The van der Waals surface area contributed by atoms with Crippen LogP contribution in [0.2, 0.25) is 0 Å². The smallest absolute Gasteiger partial charge is 0.227 e. The molecule has 2 N–H and O–H groups in total. The van der Waals surface area contributed by atoms with Crippen molar-refractivity contribution in [1.29, 1.82) is 0 Å². The van der Waals surface area contributed by atoms with E-state index in [4.69, 9.17) is 0 Å². The van der Waals surface area contributed by atoms with Crippen molar-refractivity contribution in [2.45, 2.75) is 38.1 Å². The van der Waals surface area contributed by atoms with Crippen LogP contribution in [0.4, 0.5) is 0 Å². The highest BCUT2D eigenvalue weighted by Gasteiger charge is 2.32. The first-order valence-corrected chi connectivity index (χ1v) is 9.32. The lowest BCUT2D eigenvalue weighted by atomic mass is 9.94. The van der Waals surface area contributed by atoms with E-state index in [9.17, 15) is 13.2 Å². The van der Waals surface area contributed by atoms with Crippen LogP contribution < -0.4 is 10.0 Å². The quantitative estimate of drug-likeness (QED) is 0.774. The van der Waals surface area contributed by atoms with Gasteiger partial charge in [0.1, 0.15) is 0 Å². The largest absolute Gasteiger partial charge is 0.338 e. The number of nitrogens with zero attached hydrogens (tertiary/aromatic N) is 1. The van der Waals surface area contributed by atoms with Gasteiger partial charge < -0.3 is 10.2 Å². The van der Waals surface area contributed by atoms with Crippen LogP contribution in [0.15, 0.2) is 0 Å². The Kier molecular flexibility index (Phi) is 7.39. The number of rotatable bonds is 4. The van der Waals surface area contributed by atoms with Gasteiger partial charge in [0.05, 0.1) is 12.2 Å². The molecule has 2 atom stereocenters. The summed E-state index contributed by atoms with van der Waals surface area (Å²) in [5, 5.41) is 3.27. The second-order valence-corrected chi connectivity index (χ2v) is 7.68. The maximum absolute atomic E-state index is 12.6. The van der Waals surface area contributed by atoms with Crippen molar-refractivity contribution in [3.05, 3.63) is 0 Å². The summed E-state index contributed by atoms with van der Waals surface area (Å²) in [6, 6.07) is 0.00732. The Hall–Kier alpha value is -0.370. The summed E-state index contributed by atoms with van der Waals surface area (Å²) in [5.41, 5.74) is 0. The van der Waals surface area contributed by atoms with Gasteiger partial charge in [0, 0.05) is 25.7 Å². The molecule has 2 fully saturated rings. The molecule has 2 saturated heterocycles. The molecule has 0 spiro atoms. The van der Waals surface area contributed by atoms with Gasteiger partial charge >= 0.3 is 0 Å². The molecule has 21 heavy (non-hydrogen) atoms. The topological polar surface area (TPSA) is 78.5 Å². The highest BCUT2D eigenvalue weighted by atomic mass is 35.5. The summed E-state index contributed by atoms with van der Waals surface area (Å²) in [6.07, 6.45) is 6.09. The van der Waals surface area contributed by atoms with E-state index in [-0.39, 0.29) is 30.3 Å². The predicted octanol–water partition coefficient (Wildman–Crippen LogP) is 0.338. The zero-order chi connectivity index (χ0) is 14.6. The van der Waals surface area contributed by atoms with Gasteiger partial charge in [0.15, 0.2) is 0 Å². The molecule has 1 amide bonds. The molecule has 6 nitrogen and oxygen atoms in total. The van der Waals surface area contributed by atoms with Crippen molar-refractivity contribution in [3.8, 4) is 0 Å². The van der Waals surface area contributed by atoms with Crippen LogP contribution in [0.1, 0.15) is 32.1 Å². The van der Waals surface area contributed by atoms with Crippen molar-refractivity contribution >= 4 is 28.3 Å². The summed E-state index contributed by atoms with van der Waals surface area (Å²) in [4.78, 5) is 14.5. The minimum atomic E-state index is -3.20. The first-order valence-electron chi connectivity index (χ1n) is 7.43. The van der Waals surface area contributed by atoms with E-state index >= 15 is 0 Å². The zero-order valence-corrected chi connectivity index (χ0v) is 14.1. The minimum Gasteiger partial charge on any atom is -0.338 e. The van der Waals surface area contributed by atoms with Crippen LogP contribution in [0.25, 0.3) is 0 Å². The van der Waals surface area contributed by atoms with Crippen LogP contribution in [-0.4, -0.2) is 57.7 Å². The van der Waals surface area contributed by atoms with Crippen molar-refractivity contribution in [3.63, 3.8) is 0 Å². The van der Waals surface area contributed by atoms with Gasteiger partial charge in [-0.3, -0.25) is 4.79 Å². The van der Waals surface area contributed by atoms with Crippen molar-refractivity contribution in [2.24, 2.45) is 5.92 Å². The number of carbonyl (C=O) groups excluding carboxylic acids is 1. The monoisotopic (exact) mass is 339 g/mol. The molecule has 0 aromatic rings. The second kappa shape index (κ2) is 8.31. The molecule has 2 heterocycles. The summed E-state index contributed by atoms with van der Waals surface area (Å²) in [6.45, 7) is 2.83. The lowest BCUT2D eigenvalue weighted by molar-refractivity contribution is -0.139. The maximum atomic E-state index is 12.6. The fraction of sp³-hybridized carbons (Fsp3) is 0.923. The van der Waals surface area contributed by atoms with Gasteiger partial charge in [-0.1, -0.05) is 0 Å². The Labute approximate surface area is 133 Å². The molecule has 1 unspecified atom stereocenters. The highest BCUT2D eigenvalue weighted by Crippen LogP contribution is 2.21. The molecule has 0 aromatic carbocycles. The van der Waals surface area contributed by atoms with Gasteiger partial charge in [-0.25, -0.2) is 13.1 Å². The standard InChI is InChI=1S/C13H25N3O3S.ClH/c1-20(18,19)15-10-12-6-2-3-8-16(12)13(17)11-5-4-7-14-9-11;/h11-12,14-15H,2-10H2,1H3;1H/t11-,12?;/m1./s1. The molecule has 2 rings (SSSR count). The predicted molar refractivity (Wildman–Crippen MR) is 85.0 cm³/mol. The van der Waals surface area contributed by atoms with E-state index in [1.165, 1.54) is 0 Å². The average Bonchev–Trinajstić information content (AvgIpc) is 2.45. The third kappa shape index (κ3) is 5.73. The lowest BCUT2D eigenvalue weighted by Gasteiger charge is -2.38. The molecule has 0 aromatic heterocycles. The molecule has 2 aliphatic heterocycles. The number of amides is 1. The first-order chi connectivity index (χ1) is 9.47. The maximum Gasteiger partial charge on any atom is 0.227 e. The third-order valence-electron chi connectivity index (χ3n) is 4.14. The minimum absolute atomic E-state index is 0. The SMILES string of the molecule is CS(=O)(=O)NCC1CCCCN1C(=O)[C@@H]1CCCNC1.Cl. The van der Waals surface area contributed by atoms with Crippen LogP contribution >= 0.6 is 12.4 Å². The molecule has 0 saturated carbocycles. The summed E-state index contributed by atoms with van der Waals surface area (Å²) in [7, 11) is -3.20. The molecule has 8 heteroatoms. The van der Waals surface area contributed by atoms with Crippen LogP contribution in [0, 0.1) is 5.92 Å². The highest BCUT2D eigenvalue weighted by molar-refractivity contribution is 7.88. The number of hydrogen-bond donors (Lipinski definition) is 2. The number of likely N-dealkylation sites (tertiary alicyclic amines) is 1. The normalized spacial score (nSPS) is 27.0. The fourth-order valence-corrected chi connectivity index (χ4v) is 3.54. The van der Waals surface area contributed by atoms with E-state index in [1.807, 2.05) is 4.90 Å². The Bertz CT molecular complexity index is 438. The van der Waals surface area contributed by atoms with E-state index in [2.05, 4.69) is 10.0 Å². The van der Waals surface area contributed by atoms with Gasteiger partial charge in [-0.2, -0.15) is 0 Å². The fourth-order valence-electron chi connectivity index (χ4n) is 3.05. The summed E-state index contributed by atoms with van der Waals surface area (Å²) < 4.78 is 25.0. The van der Waals surface area contributed by atoms with Crippen LogP contribution in [-0.2, 0) is 14.8 Å². The molecule has 0 bridgehead atoms.